The summed E-state index contributed by atoms with van der Waals surface area (Å²) >= 11 is 0. The van der Waals surface area contributed by atoms with Crippen LogP contribution >= 0.6 is 0 Å². The number of nitrogens with two attached hydrogens (primary N) is 1. The van der Waals surface area contributed by atoms with E-state index in [1.165, 1.54) is 0 Å². The van der Waals surface area contributed by atoms with Crippen LogP contribution in [0.1, 0.15) is 42.1 Å². The highest BCUT2D eigenvalue weighted by atomic mass is 16.4. The average molecular weight is 207 g/mol. The first-order chi connectivity index (χ1) is 7.00. The molecule has 0 aromatic heterocycles. The van der Waals surface area contributed by atoms with Gasteiger partial charge in [-0.2, -0.15) is 0 Å². The molecule has 0 saturated heterocycles. The minimum absolute atomic E-state index is 0.166. The standard InChI is InChI=1S/C12H17NO2/c1-8(7-9(2)13)10-3-5-11(6-4-10)12(14)15/h3-6,8-9H,7,13H2,1-2H3,(H,14,15). The molecule has 0 aliphatic carbocycles. The second-order valence-corrected chi connectivity index (χ2v) is 4.04. The maximum atomic E-state index is 10.6. The molecule has 0 spiro atoms. The summed E-state index contributed by atoms with van der Waals surface area (Å²) in [6.45, 7) is 4.07. The molecule has 0 fully saturated rings. The Kier molecular flexibility index (Phi) is 3.86. The first kappa shape index (κ1) is 11.7. The zero-order chi connectivity index (χ0) is 11.4. The van der Waals surface area contributed by atoms with Gasteiger partial charge in [0.15, 0.2) is 0 Å². The highest BCUT2D eigenvalue weighted by Gasteiger charge is 2.09. The smallest absolute Gasteiger partial charge is 0.335 e. The third-order valence-corrected chi connectivity index (χ3v) is 2.45. The Balaban J connectivity index is 2.75. The molecule has 1 aromatic rings. The summed E-state index contributed by atoms with van der Waals surface area (Å²) in [4.78, 5) is 10.6. The van der Waals surface area contributed by atoms with Gasteiger partial charge in [-0.25, -0.2) is 4.79 Å². The summed E-state index contributed by atoms with van der Waals surface area (Å²) in [7, 11) is 0. The molecular weight excluding hydrogens is 190 g/mol. The van der Waals surface area contributed by atoms with Crippen LogP contribution in [0.25, 0.3) is 0 Å². The van der Waals surface area contributed by atoms with Gasteiger partial charge in [0.2, 0.25) is 0 Å². The van der Waals surface area contributed by atoms with E-state index in [4.69, 9.17) is 10.8 Å². The summed E-state index contributed by atoms with van der Waals surface area (Å²) in [5.41, 5.74) is 7.18. The van der Waals surface area contributed by atoms with Gasteiger partial charge >= 0.3 is 5.97 Å². The van der Waals surface area contributed by atoms with Gasteiger partial charge in [0, 0.05) is 6.04 Å². The van der Waals surface area contributed by atoms with E-state index in [-0.39, 0.29) is 6.04 Å². The summed E-state index contributed by atoms with van der Waals surface area (Å²) in [6.07, 6.45) is 0.909. The molecule has 3 heteroatoms. The van der Waals surface area contributed by atoms with Gasteiger partial charge in [0.05, 0.1) is 5.56 Å². The first-order valence-electron chi connectivity index (χ1n) is 5.09. The lowest BCUT2D eigenvalue weighted by Gasteiger charge is -2.14. The first-order valence-corrected chi connectivity index (χ1v) is 5.09. The molecular formula is C12H17NO2. The Bertz CT molecular complexity index is 330. The molecule has 15 heavy (non-hydrogen) atoms. The van der Waals surface area contributed by atoms with Crippen LogP contribution in [0.4, 0.5) is 0 Å². The van der Waals surface area contributed by atoms with Crippen LogP contribution in [0.3, 0.4) is 0 Å². The SMILES string of the molecule is CC(N)CC(C)c1ccc(C(=O)O)cc1. The number of rotatable bonds is 4. The summed E-state index contributed by atoms with van der Waals surface area (Å²) in [5.74, 6) is -0.519. The lowest BCUT2D eigenvalue weighted by atomic mass is 9.94. The second kappa shape index (κ2) is 4.94. The fraction of sp³-hybridized carbons (Fsp3) is 0.417. The number of hydrogen-bond acceptors (Lipinski definition) is 2. The van der Waals surface area contributed by atoms with Crippen LogP contribution in [0, 0.1) is 0 Å². The van der Waals surface area contributed by atoms with Gasteiger partial charge in [0.1, 0.15) is 0 Å². The molecule has 2 unspecified atom stereocenters. The number of carbonyl (C=O) groups is 1. The maximum absolute atomic E-state index is 10.6. The molecule has 0 heterocycles. The molecule has 0 bridgehead atoms. The third-order valence-electron chi connectivity index (χ3n) is 2.45. The largest absolute Gasteiger partial charge is 0.478 e. The van der Waals surface area contributed by atoms with E-state index < -0.39 is 5.97 Å². The minimum atomic E-state index is -0.888. The Morgan fingerprint density at radius 2 is 1.87 bits per heavy atom. The van der Waals surface area contributed by atoms with Crippen LogP contribution in [0.5, 0.6) is 0 Å². The van der Waals surface area contributed by atoms with E-state index in [1.807, 2.05) is 19.1 Å². The van der Waals surface area contributed by atoms with Gasteiger partial charge in [-0.15, -0.1) is 0 Å². The monoisotopic (exact) mass is 207 g/mol. The van der Waals surface area contributed by atoms with E-state index in [9.17, 15) is 4.79 Å². The molecule has 0 aliphatic heterocycles. The second-order valence-electron chi connectivity index (χ2n) is 4.04. The normalized spacial score (nSPS) is 14.6. The van der Waals surface area contributed by atoms with E-state index >= 15 is 0 Å². The van der Waals surface area contributed by atoms with Gasteiger partial charge < -0.3 is 10.8 Å². The van der Waals surface area contributed by atoms with Crippen molar-refractivity contribution in [2.75, 3.05) is 0 Å². The predicted molar refractivity (Wildman–Crippen MR) is 60.1 cm³/mol. The highest BCUT2D eigenvalue weighted by Crippen LogP contribution is 2.20. The van der Waals surface area contributed by atoms with Crippen molar-refractivity contribution in [3.63, 3.8) is 0 Å². The zero-order valence-corrected chi connectivity index (χ0v) is 9.10. The van der Waals surface area contributed by atoms with Crippen molar-refractivity contribution in [2.45, 2.75) is 32.2 Å². The van der Waals surface area contributed by atoms with E-state index in [1.54, 1.807) is 12.1 Å². The Labute approximate surface area is 89.9 Å². The molecule has 0 saturated carbocycles. The van der Waals surface area contributed by atoms with Crippen molar-refractivity contribution in [1.82, 2.24) is 0 Å². The van der Waals surface area contributed by atoms with E-state index in [0.717, 1.165) is 12.0 Å². The van der Waals surface area contributed by atoms with Gasteiger partial charge in [-0.3, -0.25) is 0 Å². The van der Waals surface area contributed by atoms with Crippen molar-refractivity contribution >= 4 is 5.97 Å². The van der Waals surface area contributed by atoms with Crippen molar-refractivity contribution in [3.05, 3.63) is 35.4 Å². The molecule has 2 atom stereocenters. The fourth-order valence-electron chi connectivity index (χ4n) is 1.65. The zero-order valence-electron chi connectivity index (χ0n) is 9.10. The van der Waals surface area contributed by atoms with Crippen LogP contribution < -0.4 is 5.73 Å². The van der Waals surface area contributed by atoms with Crippen LogP contribution in [0.2, 0.25) is 0 Å². The quantitative estimate of drug-likeness (QED) is 0.795. The Morgan fingerprint density at radius 1 is 1.33 bits per heavy atom. The lowest BCUT2D eigenvalue weighted by molar-refractivity contribution is 0.0697. The summed E-state index contributed by atoms with van der Waals surface area (Å²) in [5, 5.41) is 8.74. The Morgan fingerprint density at radius 3 is 2.27 bits per heavy atom. The molecule has 82 valence electrons. The topological polar surface area (TPSA) is 63.3 Å². The number of carboxylic acids is 1. The number of benzene rings is 1. The van der Waals surface area contributed by atoms with Gasteiger partial charge in [-0.1, -0.05) is 19.1 Å². The fourth-order valence-corrected chi connectivity index (χ4v) is 1.65. The molecule has 1 rings (SSSR count). The van der Waals surface area contributed by atoms with Crippen LogP contribution in [0.15, 0.2) is 24.3 Å². The summed E-state index contributed by atoms with van der Waals surface area (Å²) in [6, 6.07) is 7.15. The van der Waals surface area contributed by atoms with Crippen molar-refractivity contribution in [2.24, 2.45) is 5.73 Å². The van der Waals surface area contributed by atoms with Crippen molar-refractivity contribution < 1.29 is 9.90 Å². The molecule has 1 aromatic carbocycles. The van der Waals surface area contributed by atoms with Crippen LogP contribution in [-0.4, -0.2) is 17.1 Å². The molecule has 0 radical (unpaired) electrons. The molecule has 0 amide bonds. The lowest BCUT2D eigenvalue weighted by Crippen LogP contribution is -2.17. The van der Waals surface area contributed by atoms with Gasteiger partial charge in [-0.05, 0) is 37.0 Å². The average Bonchev–Trinajstić information content (AvgIpc) is 2.17. The van der Waals surface area contributed by atoms with Crippen molar-refractivity contribution in [1.29, 1.82) is 0 Å². The molecule has 3 nitrogen and oxygen atoms in total. The number of carboxylic acid groups (broad SMARTS) is 1. The van der Waals surface area contributed by atoms with Gasteiger partial charge in [0.25, 0.3) is 0 Å². The van der Waals surface area contributed by atoms with E-state index in [2.05, 4.69) is 6.92 Å². The predicted octanol–water partition coefficient (Wildman–Crippen LogP) is 2.23. The minimum Gasteiger partial charge on any atom is -0.478 e. The highest BCUT2D eigenvalue weighted by molar-refractivity contribution is 5.87. The summed E-state index contributed by atoms with van der Waals surface area (Å²) < 4.78 is 0. The number of hydrogen-bond donors (Lipinski definition) is 2. The van der Waals surface area contributed by atoms with E-state index in [0.29, 0.717) is 11.5 Å². The molecule has 0 aliphatic rings. The third kappa shape index (κ3) is 3.36. The Hall–Kier alpha value is -1.35. The van der Waals surface area contributed by atoms with Crippen LogP contribution in [-0.2, 0) is 0 Å². The number of aromatic carboxylic acids is 1. The maximum Gasteiger partial charge on any atom is 0.335 e. The molecule has 3 N–H and O–H groups in total. The van der Waals surface area contributed by atoms with Crippen molar-refractivity contribution in [3.8, 4) is 0 Å².